The van der Waals surface area contributed by atoms with Crippen LogP contribution in [0.4, 0.5) is 0 Å². The van der Waals surface area contributed by atoms with Crippen LogP contribution in [0.1, 0.15) is 41.7 Å². The van der Waals surface area contributed by atoms with Gasteiger partial charge in [0.1, 0.15) is 11.4 Å². The van der Waals surface area contributed by atoms with E-state index in [2.05, 4.69) is 34.6 Å². The maximum absolute atomic E-state index is 13.0. The van der Waals surface area contributed by atoms with E-state index in [1.165, 1.54) is 18.4 Å². The lowest BCUT2D eigenvalue weighted by Crippen LogP contribution is -2.39. The lowest BCUT2D eigenvalue weighted by molar-refractivity contribution is 0.0939. The van der Waals surface area contributed by atoms with Crippen molar-refractivity contribution in [3.8, 4) is 17.2 Å². The summed E-state index contributed by atoms with van der Waals surface area (Å²) in [5, 5.41) is 3.94. The van der Waals surface area contributed by atoms with Gasteiger partial charge in [0.2, 0.25) is 0 Å². The molecule has 2 N–H and O–H groups in total. The number of hydrogen-bond acceptors (Lipinski definition) is 4. The monoisotopic (exact) mass is 408 g/mol. The Kier molecular flexibility index (Phi) is 5.57. The van der Waals surface area contributed by atoms with Gasteiger partial charge < -0.3 is 24.5 Å². The van der Waals surface area contributed by atoms with E-state index in [0.717, 1.165) is 18.2 Å². The molecule has 0 aliphatic heterocycles. The molecule has 158 valence electrons. The van der Waals surface area contributed by atoms with Gasteiger partial charge in [0.15, 0.2) is 11.5 Å². The number of aromatic nitrogens is 1. The summed E-state index contributed by atoms with van der Waals surface area (Å²) in [6.45, 7) is 0.614. The molecule has 0 atom stereocenters. The number of carbonyl (C=O) groups excluding carboxylic acids is 1. The van der Waals surface area contributed by atoms with Crippen LogP contribution < -0.4 is 19.5 Å². The second kappa shape index (κ2) is 8.30. The van der Waals surface area contributed by atoms with Crippen molar-refractivity contribution in [2.75, 3.05) is 27.9 Å². The summed E-state index contributed by atoms with van der Waals surface area (Å²) in [5.74, 6) is 1.57. The molecule has 0 spiro atoms. The van der Waals surface area contributed by atoms with Crippen LogP contribution in [0.15, 0.2) is 42.5 Å². The van der Waals surface area contributed by atoms with Crippen molar-refractivity contribution in [2.24, 2.45) is 0 Å². The Morgan fingerprint density at radius 1 is 1.00 bits per heavy atom. The molecule has 0 saturated heterocycles. The third-order valence-electron chi connectivity index (χ3n) is 6.22. The summed E-state index contributed by atoms with van der Waals surface area (Å²) in [4.78, 5) is 16.2. The van der Waals surface area contributed by atoms with E-state index in [-0.39, 0.29) is 11.3 Å². The average Bonchev–Trinajstić information content (AvgIpc) is 3.45. The molecule has 3 aromatic rings. The first-order chi connectivity index (χ1) is 14.6. The lowest BCUT2D eigenvalue weighted by atomic mass is 9.79. The quantitative estimate of drug-likeness (QED) is 0.606. The van der Waals surface area contributed by atoms with Crippen LogP contribution in [-0.4, -0.2) is 38.8 Å². The highest BCUT2D eigenvalue weighted by Gasteiger charge is 2.36. The van der Waals surface area contributed by atoms with E-state index in [1.54, 1.807) is 33.5 Å². The molecule has 1 amide bonds. The van der Waals surface area contributed by atoms with Gasteiger partial charge in [-0.15, -0.1) is 0 Å². The van der Waals surface area contributed by atoms with Crippen LogP contribution in [0.3, 0.4) is 0 Å². The third kappa shape index (κ3) is 3.47. The number of nitrogens with one attached hydrogen (secondary N) is 2. The van der Waals surface area contributed by atoms with E-state index < -0.39 is 0 Å². The normalized spacial score (nSPS) is 15.2. The number of rotatable bonds is 7. The fourth-order valence-electron chi connectivity index (χ4n) is 4.61. The maximum Gasteiger partial charge on any atom is 0.267 e. The standard InChI is InChI=1S/C24H28N2O4/c1-28-19-14-20(29-2)22(30-3)21-17(19)13-18(26-21)23(27)25-15-24(11-7-8-12-24)16-9-5-4-6-10-16/h4-6,9-10,13-14,26H,7-8,11-12,15H2,1-3H3,(H,25,27). The molecule has 1 aliphatic carbocycles. The van der Waals surface area contributed by atoms with E-state index in [1.807, 2.05) is 6.07 Å². The first-order valence-corrected chi connectivity index (χ1v) is 10.3. The first kappa shape index (κ1) is 20.1. The van der Waals surface area contributed by atoms with E-state index >= 15 is 0 Å². The second-order valence-electron chi connectivity index (χ2n) is 7.82. The molecule has 0 bridgehead atoms. The van der Waals surface area contributed by atoms with E-state index in [9.17, 15) is 4.79 Å². The zero-order valence-electron chi connectivity index (χ0n) is 17.7. The van der Waals surface area contributed by atoms with Crippen LogP contribution in [0.5, 0.6) is 17.2 Å². The predicted molar refractivity (Wildman–Crippen MR) is 117 cm³/mol. The molecule has 6 heteroatoms. The molecule has 6 nitrogen and oxygen atoms in total. The highest BCUT2D eigenvalue weighted by molar-refractivity contribution is 6.02. The second-order valence-corrected chi connectivity index (χ2v) is 7.82. The van der Waals surface area contributed by atoms with Crippen molar-refractivity contribution in [1.29, 1.82) is 0 Å². The average molecular weight is 408 g/mol. The van der Waals surface area contributed by atoms with Gasteiger partial charge in [0.25, 0.3) is 5.91 Å². The summed E-state index contributed by atoms with van der Waals surface area (Å²) in [6.07, 6.45) is 4.54. The summed E-state index contributed by atoms with van der Waals surface area (Å²) >= 11 is 0. The minimum absolute atomic E-state index is 0.00152. The van der Waals surface area contributed by atoms with Crippen LogP contribution in [-0.2, 0) is 5.41 Å². The van der Waals surface area contributed by atoms with Gasteiger partial charge in [-0.2, -0.15) is 0 Å². The molecule has 2 aromatic carbocycles. The van der Waals surface area contributed by atoms with Crippen molar-refractivity contribution in [2.45, 2.75) is 31.1 Å². The van der Waals surface area contributed by atoms with E-state index in [4.69, 9.17) is 14.2 Å². The third-order valence-corrected chi connectivity index (χ3v) is 6.22. The van der Waals surface area contributed by atoms with E-state index in [0.29, 0.717) is 35.0 Å². The summed E-state index contributed by atoms with van der Waals surface area (Å²) in [6, 6.07) is 14.1. The first-order valence-electron chi connectivity index (χ1n) is 10.3. The van der Waals surface area contributed by atoms with Crippen LogP contribution in [0, 0.1) is 0 Å². The number of ether oxygens (including phenoxy) is 3. The molecule has 4 rings (SSSR count). The molecule has 0 radical (unpaired) electrons. The SMILES string of the molecule is COc1cc(OC)c2cc(C(=O)NCC3(c4ccccc4)CCCC3)[nH]c2c1OC. The van der Waals surface area contributed by atoms with Gasteiger partial charge in [-0.1, -0.05) is 43.2 Å². The van der Waals surface area contributed by atoms with Gasteiger partial charge in [-0.3, -0.25) is 4.79 Å². The summed E-state index contributed by atoms with van der Waals surface area (Å²) in [5.41, 5.74) is 2.45. The van der Waals surface area contributed by atoms with Crippen molar-refractivity contribution < 1.29 is 19.0 Å². The number of H-pyrrole nitrogens is 1. The molecule has 1 heterocycles. The smallest absolute Gasteiger partial charge is 0.267 e. The molecule has 1 saturated carbocycles. The largest absolute Gasteiger partial charge is 0.496 e. The minimum Gasteiger partial charge on any atom is -0.496 e. The number of aromatic amines is 1. The van der Waals surface area contributed by atoms with Crippen molar-refractivity contribution in [1.82, 2.24) is 10.3 Å². The fourth-order valence-corrected chi connectivity index (χ4v) is 4.61. The molecular weight excluding hydrogens is 380 g/mol. The van der Waals surface area contributed by atoms with Crippen LogP contribution in [0.2, 0.25) is 0 Å². The molecule has 1 fully saturated rings. The number of carbonyl (C=O) groups is 1. The molecule has 1 aliphatic rings. The zero-order valence-corrected chi connectivity index (χ0v) is 17.7. The Morgan fingerprint density at radius 3 is 2.33 bits per heavy atom. The van der Waals surface area contributed by atoms with Gasteiger partial charge in [0.05, 0.1) is 26.8 Å². The minimum atomic E-state index is -0.142. The fraction of sp³-hybridized carbons (Fsp3) is 0.375. The van der Waals surface area contributed by atoms with Crippen molar-refractivity contribution >= 4 is 16.8 Å². The Morgan fingerprint density at radius 2 is 1.70 bits per heavy atom. The molecule has 30 heavy (non-hydrogen) atoms. The number of methoxy groups -OCH3 is 3. The van der Waals surface area contributed by atoms with Gasteiger partial charge in [0, 0.05) is 23.4 Å². The Balaban J connectivity index is 1.62. The Hall–Kier alpha value is -3.15. The highest BCUT2D eigenvalue weighted by Crippen LogP contribution is 2.42. The van der Waals surface area contributed by atoms with Crippen molar-refractivity contribution in [3.05, 3.63) is 53.7 Å². The molecule has 0 unspecified atom stereocenters. The van der Waals surface area contributed by atoms with Crippen molar-refractivity contribution in [3.63, 3.8) is 0 Å². The predicted octanol–water partition coefficient (Wildman–Crippen LogP) is 4.44. The van der Waals surface area contributed by atoms with Gasteiger partial charge in [-0.05, 0) is 24.5 Å². The highest BCUT2D eigenvalue weighted by atomic mass is 16.5. The Bertz CT molecular complexity index is 1040. The number of amides is 1. The number of fused-ring (bicyclic) bond motifs is 1. The topological polar surface area (TPSA) is 72.6 Å². The van der Waals surface area contributed by atoms with Crippen LogP contribution in [0.25, 0.3) is 10.9 Å². The Labute approximate surface area is 176 Å². The molecular formula is C24H28N2O4. The zero-order chi connectivity index (χ0) is 21.1. The maximum atomic E-state index is 13.0. The number of benzene rings is 2. The summed E-state index contributed by atoms with van der Waals surface area (Å²) < 4.78 is 16.4. The lowest BCUT2D eigenvalue weighted by Gasteiger charge is -2.30. The molecule has 1 aromatic heterocycles. The summed E-state index contributed by atoms with van der Waals surface area (Å²) in [7, 11) is 4.75. The number of hydrogen-bond donors (Lipinski definition) is 2. The van der Waals surface area contributed by atoms with Gasteiger partial charge in [-0.25, -0.2) is 0 Å². The van der Waals surface area contributed by atoms with Crippen LogP contribution >= 0.6 is 0 Å². The van der Waals surface area contributed by atoms with Gasteiger partial charge >= 0.3 is 0 Å².